The molecule has 0 N–H and O–H groups in total. The van der Waals surface area contributed by atoms with Gasteiger partial charge >= 0.3 is 0 Å². The van der Waals surface area contributed by atoms with Crippen LogP contribution in [0.4, 0.5) is 0 Å². The van der Waals surface area contributed by atoms with E-state index in [0.717, 1.165) is 29.2 Å². The standard InChI is InChI=1S/C22H30O3S2/c1-9-16(23-6)22(26-8)21-15(5)14(4)20(27-21)19-17(24-7)11-10-12-18(19)25-13(2)3/h10-13H,9H2,1-8H3. The van der Waals surface area contributed by atoms with Gasteiger partial charge in [-0.1, -0.05) is 13.0 Å². The number of allylic oxidation sites excluding steroid dienone is 1. The number of hydrogen-bond donors (Lipinski definition) is 0. The first-order chi connectivity index (χ1) is 12.9. The normalized spacial score (nSPS) is 12.2. The molecule has 1 aromatic carbocycles. The van der Waals surface area contributed by atoms with Crippen molar-refractivity contribution >= 4 is 28.0 Å². The predicted molar refractivity (Wildman–Crippen MR) is 119 cm³/mol. The second-order valence-electron chi connectivity index (χ2n) is 6.52. The van der Waals surface area contributed by atoms with Gasteiger partial charge in [0.2, 0.25) is 0 Å². The van der Waals surface area contributed by atoms with Gasteiger partial charge in [-0.25, -0.2) is 0 Å². The molecule has 1 heterocycles. The van der Waals surface area contributed by atoms with Crippen LogP contribution in [0.2, 0.25) is 0 Å². The topological polar surface area (TPSA) is 27.7 Å². The van der Waals surface area contributed by atoms with E-state index in [1.807, 2.05) is 32.0 Å². The number of thioether (sulfide) groups is 1. The lowest BCUT2D eigenvalue weighted by Gasteiger charge is -2.17. The number of hydrogen-bond acceptors (Lipinski definition) is 5. The van der Waals surface area contributed by atoms with Crippen LogP contribution >= 0.6 is 23.1 Å². The maximum Gasteiger partial charge on any atom is 0.132 e. The molecule has 148 valence electrons. The summed E-state index contributed by atoms with van der Waals surface area (Å²) in [5.41, 5.74) is 3.57. The quantitative estimate of drug-likeness (QED) is 0.445. The summed E-state index contributed by atoms with van der Waals surface area (Å²) in [6, 6.07) is 5.99. The number of rotatable bonds is 8. The molecule has 0 spiro atoms. The van der Waals surface area contributed by atoms with Gasteiger partial charge in [-0.3, -0.25) is 0 Å². The zero-order chi connectivity index (χ0) is 20.1. The maximum absolute atomic E-state index is 6.11. The largest absolute Gasteiger partial charge is 0.500 e. The second-order valence-corrected chi connectivity index (χ2v) is 8.36. The van der Waals surface area contributed by atoms with Gasteiger partial charge in [0.15, 0.2) is 0 Å². The lowest BCUT2D eigenvalue weighted by molar-refractivity contribution is 0.242. The van der Waals surface area contributed by atoms with Gasteiger partial charge in [0, 0.05) is 16.2 Å². The minimum Gasteiger partial charge on any atom is -0.500 e. The molecule has 0 aliphatic rings. The molecular weight excluding hydrogens is 376 g/mol. The van der Waals surface area contributed by atoms with Crippen LogP contribution in [0.3, 0.4) is 0 Å². The van der Waals surface area contributed by atoms with Crippen molar-refractivity contribution in [3.05, 3.63) is 40.0 Å². The summed E-state index contributed by atoms with van der Waals surface area (Å²) >= 11 is 3.52. The first-order valence-electron chi connectivity index (χ1n) is 9.14. The summed E-state index contributed by atoms with van der Waals surface area (Å²) < 4.78 is 17.4. The van der Waals surface area contributed by atoms with Gasteiger partial charge in [0.25, 0.3) is 0 Å². The summed E-state index contributed by atoms with van der Waals surface area (Å²) in [5, 5.41) is 0. The Morgan fingerprint density at radius 3 is 2.30 bits per heavy atom. The molecule has 2 aromatic rings. The fourth-order valence-electron chi connectivity index (χ4n) is 3.04. The fourth-order valence-corrected chi connectivity index (χ4v) is 5.53. The number of thiophene rings is 1. The highest BCUT2D eigenvalue weighted by Gasteiger charge is 2.23. The maximum atomic E-state index is 6.11. The molecule has 0 unspecified atom stereocenters. The SMILES string of the molecule is CCC(OC)=C(SC)c1sc(-c2c(OC)cccc2OC(C)C)c(C)c1C. The van der Waals surface area contributed by atoms with E-state index in [4.69, 9.17) is 14.2 Å². The van der Waals surface area contributed by atoms with Crippen molar-refractivity contribution < 1.29 is 14.2 Å². The van der Waals surface area contributed by atoms with E-state index in [2.05, 4.69) is 27.0 Å². The first-order valence-corrected chi connectivity index (χ1v) is 11.2. The Morgan fingerprint density at radius 1 is 1.11 bits per heavy atom. The molecule has 0 amide bonds. The molecule has 0 aliphatic carbocycles. The molecule has 0 atom stereocenters. The first kappa shape index (κ1) is 21.7. The highest BCUT2D eigenvalue weighted by molar-refractivity contribution is 8.07. The van der Waals surface area contributed by atoms with E-state index >= 15 is 0 Å². The molecular formula is C22H30O3S2. The van der Waals surface area contributed by atoms with Gasteiger partial charge in [-0.15, -0.1) is 23.1 Å². The molecule has 0 saturated carbocycles. The average Bonchev–Trinajstić information content (AvgIpc) is 2.93. The van der Waals surface area contributed by atoms with Crippen LogP contribution in [0, 0.1) is 13.8 Å². The molecule has 0 fully saturated rings. The average molecular weight is 407 g/mol. The zero-order valence-corrected chi connectivity index (χ0v) is 19.2. The van der Waals surface area contributed by atoms with E-state index in [9.17, 15) is 0 Å². The summed E-state index contributed by atoms with van der Waals surface area (Å²) in [6.45, 7) is 10.6. The van der Waals surface area contributed by atoms with Crippen LogP contribution in [0.1, 0.15) is 43.2 Å². The van der Waals surface area contributed by atoms with Crippen LogP contribution in [-0.4, -0.2) is 26.6 Å². The van der Waals surface area contributed by atoms with Crippen LogP contribution < -0.4 is 9.47 Å². The van der Waals surface area contributed by atoms with Gasteiger partial charge in [-0.2, -0.15) is 0 Å². The van der Waals surface area contributed by atoms with Crippen LogP contribution in [0.25, 0.3) is 15.3 Å². The molecule has 2 rings (SSSR count). The van der Waals surface area contributed by atoms with Gasteiger partial charge in [-0.05, 0) is 57.2 Å². The highest BCUT2D eigenvalue weighted by atomic mass is 32.2. The molecule has 0 radical (unpaired) electrons. The number of ether oxygens (including phenoxy) is 3. The van der Waals surface area contributed by atoms with E-state index in [1.165, 1.54) is 25.8 Å². The molecule has 1 aromatic heterocycles. The van der Waals surface area contributed by atoms with Gasteiger partial charge in [0.1, 0.15) is 17.3 Å². The monoisotopic (exact) mass is 406 g/mol. The zero-order valence-electron chi connectivity index (χ0n) is 17.6. The van der Waals surface area contributed by atoms with E-state index < -0.39 is 0 Å². The minimum absolute atomic E-state index is 0.0959. The summed E-state index contributed by atoms with van der Waals surface area (Å²) in [7, 11) is 3.46. The van der Waals surface area contributed by atoms with Crippen molar-refractivity contribution in [2.75, 3.05) is 20.5 Å². The minimum atomic E-state index is 0.0959. The van der Waals surface area contributed by atoms with Crippen molar-refractivity contribution in [1.29, 1.82) is 0 Å². The van der Waals surface area contributed by atoms with Crippen LogP contribution in [-0.2, 0) is 4.74 Å². The lowest BCUT2D eigenvalue weighted by atomic mass is 10.0. The molecule has 0 aliphatic heterocycles. The van der Waals surface area contributed by atoms with E-state index in [0.29, 0.717) is 0 Å². The van der Waals surface area contributed by atoms with Gasteiger partial charge < -0.3 is 14.2 Å². The fraction of sp³-hybridized carbons (Fsp3) is 0.455. The summed E-state index contributed by atoms with van der Waals surface area (Å²) in [6.07, 6.45) is 3.07. The predicted octanol–water partition coefficient (Wildman–Crippen LogP) is 6.92. The van der Waals surface area contributed by atoms with E-state index in [-0.39, 0.29) is 6.10 Å². The van der Waals surface area contributed by atoms with Crippen molar-refractivity contribution in [2.45, 2.75) is 47.1 Å². The van der Waals surface area contributed by atoms with Crippen molar-refractivity contribution in [2.24, 2.45) is 0 Å². The molecule has 0 bridgehead atoms. The van der Waals surface area contributed by atoms with Crippen molar-refractivity contribution in [3.8, 4) is 21.9 Å². The highest BCUT2D eigenvalue weighted by Crippen LogP contribution is 2.49. The number of methoxy groups -OCH3 is 2. The lowest BCUT2D eigenvalue weighted by Crippen LogP contribution is -2.07. The van der Waals surface area contributed by atoms with E-state index in [1.54, 1.807) is 37.3 Å². The number of benzene rings is 1. The molecule has 0 saturated heterocycles. The Bertz CT molecular complexity index is 813. The Balaban J connectivity index is 2.74. The third-order valence-electron chi connectivity index (χ3n) is 4.48. The Morgan fingerprint density at radius 2 is 1.78 bits per heavy atom. The molecule has 5 heteroatoms. The Kier molecular flexibility index (Phi) is 7.68. The molecule has 3 nitrogen and oxygen atoms in total. The summed E-state index contributed by atoms with van der Waals surface area (Å²) in [4.78, 5) is 3.65. The van der Waals surface area contributed by atoms with Crippen LogP contribution in [0.15, 0.2) is 24.0 Å². The van der Waals surface area contributed by atoms with Crippen molar-refractivity contribution in [1.82, 2.24) is 0 Å². The molecule has 27 heavy (non-hydrogen) atoms. The van der Waals surface area contributed by atoms with Gasteiger partial charge in [0.05, 0.1) is 30.8 Å². The third-order valence-corrected chi connectivity index (χ3v) is 6.87. The second kappa shape index (κ2) is 9.56. The summed E-state index contributed by atoms with van der Waals surface area (Å²) in [5.74, 6) is 2.72. The van der Waals surface area contributed by atoms with Crippen LogP contribution in [0.5, 0.6) is 11.5 Å². The Hall–Kier alpha value is -1.59. The smallest absolute Gasteiger partial charge is 0.132 e. The van der Waals surface area contributed by atoms with Crippen molar-refractivity contribution in [3.63, 3.8) is 0 Å². The third kappa shape index (κ3) is 4.46. The Labute approximate surface area is 171 Å².